The first-order chi connectivity index (χ1) is 11.4. The zero-order valence-corrected chi connectivity index (χ0v) is 16.1. The quantitative estimate of drug-likeness (QED) is 0.821. The zero-order valence-electron chi connectivity index (χ0n) is 13.8. The highest BCUT2D eigenvalue weighted by molar-refractivity contribution is 6.35. The summed E-state index contributed by atoms with van der Waals surface area (Å²) in [5, 5.41) is 0.884. The van der Waals surface area contributed by atoms with Crippen molar-refractivity contribution in [1.82, 2.24) is 9.80 Å². The van der Waals surface area contributed by atoms with Gasteiger partial charge in [0, 0.05) is 53.7 Å². The van der Waals surface area contributed by atoms with Gasteiger partial charge in [-0.15, -0.1) is 12.4 Å². The summed E-state index contributed by atoms with van der Waals surface area (Å²) < 4.78 is 0. The lowest BCUT2D eigenvalue weighted by atomic mass is 10.1. The minimum absolute atomic E-state index is 0. The van der Waals surface area contributed by atoms with Crippen molar-refractivity contribution in [3.63, 3.8) is 0 Å². The average Bonchev–Trinajstić information content (AvgIpc) is 2.99. The average molecular weight is 407 g/mol. The monoisotopic (exact) mass is 405 g/mol. The molecule has 2 fully saturated rings. The zero-order chi connectivity index (χ0) is 17.3. The number of carbonyl (C=O) groups is 2. The van der Waals surface area contributed by atoms with Gasteiger partial charge in [-0.25, -0.2) is 0 Å². The van der Waals surface area contributed by atoms with E-state index in [0.717, 1.165) is 19.3 Å². The van der Waals surface area contributed by atoms with E-state index in [4.69, 9.17) is 28.9 Å². The maximum Gasteiger partial charge on any atom is 0.254 e. The van der Waals surface area contributed by atoms with E-state index in [9.17, 15) is 9.59 Å². The van der Waals surface area contributed by atoms with Gasteiger partial charge in [-0.05, 0) is 37.5 Å². The normalized spacial score (nSPS) is 23.3. The predicted molar refractivity (Wildman–Crippen MR) is 102 cm³/mol. The highest BCUT2D eigenvalue weighted by Gasteiger charge is 2.33. The SMILES string of the molecule is Cl.NC1CCC(C(=O)N2CCN(C(=O)c3cc(Cl)cc(Cl)c3)CC2)C1. The van der Waals surface area contributed by atoms with Crippen LogP contribution in [0.15, 0.2) is 18.2 Å². The van der Waals surface area contributed by atoms with Gasteiger partial charge in [-0.2, -0.15) is 0 Å². The summed E-state index contributed by atoms with van der Waals surface area (Å²) in [7, 11) is 0. The molecule has 2 N–H and O–H groups in total. The smallest absolute Gasteiger partial charge is 0.254 e. The van der Waals surface area contributed by atoms with Gasteiger partial charge in [0.1, 0.15) is 0 Å². The maximum atomic E-state index is 12.6. The van der Waals surface area contributed by atoms with E-state index in [1.807, 2.05) is 4.90 Å². The van der Waals surface area contributed by atoms with Crippen molar-refractivity contribution >= 4 is 47.4 Å². The molecule has 2 amide bonds. The summed E-state index contributed by atoms with van der Waals surface area (Å²) in [5.74, 6) is 0.129. The highest BCUT2D eigenvalue weighted by Crippen LogP contribution is 2.27. The molecular weight excluding hydrogens is 385 g/mol. The van der Waals surface area contributed by atoms with Gasteiger partial charge in [0.15, 0.2) is 0 Å². The Morgan fingerprint density at radius 3 is 2.04 bits per heavy atom. The molecule has 1 saturated carbocycles. The molecule has 3 rings (SSSR count). The summed E-state index contributed by atoms with van der Waals surface area (Å²) in [5.41, 5.74) is 6.38. The van der Waals surface area contributed by atoms with E-state index in [-0.39, 0.29) is 36.2 Å². The molecule has 1 heterocycles. The lowest BCUT2D eigenvalue weighted by Crippen LogP contribution is -2.51. The number of carbonyl (C=O) groups excluding carboxylic acids is 2. The van der Waals surface area contributed by atoms with Crippen molar-refractivity contribution in [3.05, 3.63) is 33.8 Å². The molecule has 0 aromatic heterocycles. The number of benzene rings is 1. The number of rotatable bonds is 2. The van der Waals surface area contributed by atoms with Crippen LogP contribution >= 0.6 is 35.6 Å². The van der Waals surface area contributed by atoms with E-state index in [1.54, 1.807) is 23.1 Å². The molecule has 1 aromatic carbocycles. The second-order valence-electron chi connectivity index (χ2n) is 6.55. The first kappa shape index (κ1) is 20.3. The molecule has 138 valence electrons. The predicted octanol–water partition coefficient (Wildman–Crippen LogP) is 2.83. The van der Waals surface area contributed by atoms with Crippen LogP contribution in [0.5, 0.6) is 0 Å². The summed E-state index contributed by atoms with van der Waals surface area (Å²) in [6, 6.07) is 4.98. The Morgan fingerprint density at radius 2 is 1.52 bits per heavy atom. The van der Waals surface area contributed by atoms with Crippen molar-refractivity contribution in [2.24, 2.45) is 11.7 Å². The third kappa shape index (κ3) is 4.79. The van der Waals surface area contributed by atoms with Crippen molar-refractivity contribution in [2.45, 2.75) is 25.3 Å². The Labute approximate surface area is 163 Å². The van der Waals surface area contributed by atoms with E-state index >= 15 is 0 Å². The minimum atomic E-state index is -0.102. The molecular formula is C17H22Cl3N3O2. The summed E-state index contributed by atoms with van der Waals surface area (Å²) in [4.78, 5) is 28.7. The van der Waals surface area contributed by atoms with Crippen LogP contribution in [-0.4, -0.2) is 53.8 Å². The van der Waals surface area contributed by atoms with Crippen LogP contribution < -0.4 is 5.73 Å². The van der Waals surface area contributed by atoms with Crippen LogP contribution in [0, 0.1) is 5.92 Å². The molecule has 0 bridgehead atoms. The molecule has 5 nitrogen and oxygen atoms in total. The number of hydrogen-bond acceptors (Lipinski definition) is 3. The molecule has 0 spiro atoms. The molecule has 1 saturated heterocycles. The van der Waals surface area contributed by atoms with Crippen LogP contribution in [0.2, 0.25) is 10.0 Å². The summed E-state index contributed by atoms with van der Waals surface area (Å²) >= 11 is 11.9. The van der Waals surface area contributed by atoms with Crippen LogP contribution in [0.1, 0.15) is 29.6 Å². The van der Waals surface area contributed by atoms with E-state index in [2.05, 4.69) is 0 Å². The first-order valence-electron chi connectivity index (χ1n) is 8.24. The Balaban J connectivity index is 0.00000225. The summed E-state index contributed by atoms with van der Waals surface area (Å²) in [6.45, 7) is 2.16. The Bertz CT molecular complexity index is 628. The Hall–Kier alpha value is -1.01. The number of halogens is 3. The molecule has 25 heavy (non-hydrogen) atoms. The van der Waals surface area contributed by atoms with Gasteiger partial charge in [-0.1, -0.05) is 23.2 Å². The van der Waals surface area contributed by atoms with E-state index < -0.39 is 0 Å². The summed E-state index contributed by atoms with van der Waals surface area (Å²) in [6.07, 6.45) is 2.57. The van der Waals surface area contributed by atoms with Crippen LogP contribution in [0.3, 0.4) is 0 Å². The molecule has 2 atom stereocenters. The fraction of sp³-hybridized carbons (Fsp3) is 0.529. The molecule has 1 aromatic rings. The third-order valence-corrected chi connectivity index (χ3v) is 5.25. The van der Waals surface area contributed by atoms with E-state index in [0.29, 0.717) is 41.8 Å². The molecule has 0 radical (unpaired) electrons. The van der Waals surface area contributed by atoms with Crippen LogP contribution in [-0.2, 0) is 4.79 Å². The third-order valence-electron chi connectivity index (χ3n) is 4.81. The van der Waals surface area contributed by atoms with Crippen LogP contribution in [0.4, 0.5) is 0 Å². The van der Waals surface area contributed by atoms with Gasteiger partial charge in [-0.3, -0.25) is 9.59 Å². The maximum absolute atomic E-state index is 12.6. The van der Waals surface area contributed by atoms with Gasteiger partial charge < -0.3 is 15.5 Å². The standard InChI is InChI=1S/C17H21Cl2N3O2.ClH/c18-13-7-12(8-14(19)10-13)17(24)22-5-3-21(4-6-22)16(23)11-1-2-15(20)9-11;/h7-8,10-11,15H,1-6,9,20H2;1H. The molecule has 2 unspecified atom stereocenters. The number of nitrogens with zero attached hydrogens (tertiary/aromatic N) is 2. The fourth-order valence-electron chi connectivity index (χ4n) is 3.49. The Kier molecular flexibility index (Phi) is 6.97. The topological polar surface area (TPSA) is 66.6 Å². The molecule has 2 aliphatic rings. The Morgan fingerprint density at radius 1 is 0.960 bits per heavy atom. The van der Waals surface area contributed by atoms with Crippen molar-refractivity contribution in [2.75, 3.05) is 26.2 Å². The number of piperazine rings is 1. The van der Waals surface area contributed by atoms with Crippen LogP contribution in [0.25, 0.3) is 0 Å². The minimum Gasteiger partial charge on any atom is -0.339 e. The second-order valence-corrected chi connectivity index (χ2v) is 7.42. The van der Waals surface area contributed by atoms with E-state index in [1.165, 1.54) is 0 Å². The molecule has 8 heteroatoms. The number of nitrogens with two attached hydrogens (primary N) is 1. The van der Waals surface area contributed by atoms with Gasteiger partial charge in [0.2, 0.25) is 5.91 Å². The molecule has 1 aliphatic heterocycles. The lowest BCUT2D eigenvalue weighted by Gasteiger charge is -2.36. The van der Waals surface area contributed by atoms with Crippen molar-refractivity contribution in [3.8, 4) is 0 Å². The highest BCUT2D eigenvalue weighted by atomic mass is 35.5. The number of hydrogen-bond donors (Lipinski definition) is 1. The fourth-order valence-corrected chi connectivity index (χ4v) is 4.01. The van der Waals surface area contributed by atoms with Gasteiger partial charge >= 0.3 is 0 Å². The molecule has 1 aliphatic carbocycles. The largest absolute Gasteiger partial charge is 0.339 e. The first-order valence-corrected chi connectivity index (χ1v) is 8.99. The lowest BCUT2D eigenvalue weighted by molar-refractivity contribution is -0.136. The second kappa shape index (κ2) is 8.58. The van der Waals surface area contributed by atoms with Crippen molar-refractivity contribution < 1.29 is 9.59 Å². The van der Waals surface area contributed by atoms with Gasteiger partial charge in [0.05, 0.1) is 0 Å². The van der Waals surface area contributed by atoms with Gasteiger partial charge in [0.25, 0.3) is 5.91 Å². The number of amides is 2. The van der Waals surface area contributed by atoms with Crippen molar-refractivity contribution in [1.29, 1.82) is 0 Å².